The fourth-order valence-corrected chi connectivity index (χ4v) is 4.62. The van der Waals surface area contributed by atoms with E-state index in [0.717, 1.165) is 74.2 Å². The highest BCUT2D eigenvalue weighted by Gasteiger charge is 2.28. The minimum atomic E-state index is 0.347. The fourth-order valence-electron chi connectivity index (χ4n) is 4.62. The lowest BCUT2D eigenvalue weighted by Gasteiger charge is -2.33. The molecule has 0 amide bonds. The first-order valence-electron chi connectivity index (χ1n) is 10.9. The van der Waals surface area contributed by atoms with Gasteiger partial charge in [-0.15, -0.1) is 0 Å². The summed E-state index contributed by atoms with van der Waals surface area (Å²) in [6.45, 7) is 7.03. The van der Waals surface area contributed by atoms with Crippen molar-refractivity contribution < 1.29 is 4.52 Å². The summed E-state index contributed by atoms with van der Waals surface area (Å²) in [6.07, 6.45) is 10.4. The van der Waals surface area contributed by atoms with Crippen molar-refractivity contribution in [2.75, 3.05) is 31.1 Å². The third-order valence-electron chi connectivity index (χ3n) is 6.11. The molecule has 0 saturated carbocycles. The number of hydrogen-bond acceptors (Lipinski definition) is 7. The van der Waals surface area contributed by atoms with Crippen molar-refractivity contribution in [3.63, 3.8) is 0 Å². The SMILES string of the molecule is Cc1cc(-c2cnc(N3CCCC3)nc2C2CCCN(Cc3cccnc3)C2)on1. The minimum Gasteiger partial charge on any atom is -0.356 e. The van der Waals surface area contributed by atoms with E-state index in [9.17, 15) is 0 Å². The molecular formula is C23H28N6O. The average Bonchev–Trinajstić information content (AvgIpc) is 3.46. The van der Waals surface area contributed by atoms with Gasteiger partial charge in [-0.1, -0.05) is 11.2 Å². The maximum Gasteiger partial charge on any atom is 0.225 e. The topological polar surface area (TPSA) is 71.2 Å². The largest absolute Gasteiger partial charge is 0.356 e. The van der Waals surface area contributed by atoms with Crippen LogP contribution in [0.4, 0.5) is 5.95 Å². The third-order valence-corrected chi connectivity index (χ3v) is 6.11. The molecule has 7 heteroatoms. The molecule has 7 nitrogen and oxygen atoms in total. The number of nitrogens with zero attached hydrogens (tertiary/aromatic N) is 6. The number of aryl methyl sites for hydroxylation is 1. The van der Waals surface area contributed by atoms with E-state index in [1.165, 1.54) is 18.4 Å². The smallest absolute Gasteiger partial charge is 0.225 e. The van der Waals surface area contributed by atoms with Crippen molar-refractivity contribution in [1.29, 1.82) is 0 Å². The third kappa shape index (κ3) is 4.07. The zero-order valence-electron chi connectivity index (χ0n) is 17.5. The lowest BCUT2D eigenvalue weighted by molar-refractivity contribution is 0.198. The first-order chi connectivity index (χ1) is 14.8. The second-order valence-electron chi connectivity index (χ2n) is 8.43. The molecule has 5 heterocycles. The summed E-state index contributed by atoms with van der Waals surface area (Å²) in [7, 11) is 0. The zero-order chi connectivity index (χ0) is 20.3. The molecule has 30 heavy (non-hydrogen) atoms. The lowest BCUT2D eigenvalue weighted by Crippen LogP contribution is -2.34. The van der Waals surface area contributed by atoms with E-state index in [4.69, 9.17) is 14.5 Å². The second kappa shape index (κ2) is 8.52. The van der Waals surface area contributed by atoms with E-state index in [0.29, 0.717) is 5.92 Å². The monoisotopic (exact) mass is 404 g/mol. The van der Waals surface area contributed by atoms with Gasteiger partial charge in [-0.3, -0.25) is 9.88 Å². The Morgan fingerprint density at radius 1 is 1.13 bits per heavy atom. The van der Waals surface area contributed by atoms with Gasteiger partial charge >= 0.3 is 0 Å². The summed E-state index contributed by atoms with van der Waals surface area (Å²) in [5, 5.41) is 4.09. The molecule has 5 rings (SSSR count). The van der Waals surface area contributed by atoms with Crippen LogP contribution in [0.5, 0.6) is 0 Å². The number of piperidine rings is 1. The van der Waals surface area contributed by atoms with Crippen LogP contribution in [0.1, 0.15) is 48.6 Å². The number of likely N-dealkylation sites (tertiary alicyclic amines) is 1. The molecule has 2 fully saturated rings. The van der Waals surface area contributed by atoms with Crippen LogP contribution >= 0.6 is 0 Å². The average molecular weight is 405 g/mol. The quantitative estimate of drug-likeness (QED) is 0.640. The number of hydrogen-bond donors (Lipinski definition) is 0. The van der Waals surface area contributed by atoms with Crippen molar-refractivity contribution in [2.45, 2.75) is 45.1 Å². The molecule has 1 unspecified atom stereocenters. The van der Waals surface area contributed by atoms with Gasteiger partial charge in [-0.2, -0.15) is 0 Å². The number of anilines is 1. The van der Waals surface area contributed by atoms with Crippen LogP contribution in [0.3, 0.4) is 0 Å². The summed E-state index contributed by atoms with van der Waals surface area (Å²) in [4.78, 5) is 18.9. The molecule has 2 saturated heterocycles. The molecule has 3 aromatic rings. The molecule has 2 aliphatic rings. The van der Waals surface area contributed by atoms with Crippen molar-refractivity contribution in [2.24, 2.45) is 0 Å². The number of rotatable bonds is 5. The van der Waals surface area contributed by atoms with Crippen LogP contribution in [0.25, 0.3) is 11.3 Å². The van der Waals surface area contributed by atoms with Gasteiger partial charge < -0.3 is 9.42 Å². The van der Waals surface area contributed by atoms with Crippen LogP contribution < -0.4 is 4.90 Å². The molecule has 0 aliphatic carbocycles. The van der Waals surface area contributed by atoms with E-state index in [1.54, 1.807) is 0 Å². The van der Waals surface area contributed by atoms with E-state index >= 15 is 0 Å². The Balaban J connectivity index is 1.45. The molecule has 0 spiro atoms. The molecule has 0 radical (unpaired) electrons. The van der Waals surface area contributed by atoms with Gasteiger partial charge in [0, 0.05) is 56.8 Å². The summed E-state index contributed by atoms with van der Waals surface area (Å²) in [5.41, 5.74) is 4.21. The standard InChI is InChI=1S/C23H28N6O/c1-17-12-21(30-27-17)20-14-25-23(29-10-2-3-11-29)26-22(20)19-7-5-9-28(16-19)15-18-6-4-8-24-13-18/h4,6,8,12-14,19H,2-3,5,7,9-11,15-16H2,1H3. The Hall–Kier alpha value is -2.80. The molecule has 0 N–H and O–H groups in total. The normalized spacial score (nSPS) is 20.0. The Labute approximate surface area is 177 Å². The highest BCUT2D eigenvalue weighted by molar-refractivity contribution is 5.61. The molecule has 2 aliphatic heterocycles. The summed E-state index contributed by atoms with van der Waals surface area (Å²) >= 11 is 0. The maximum atomic E-state index is 5.60. The van der Waals surface area contributed by atoms with Crippen LogP contribution in [-0.2, 0) is 6.54 Å². The van der Waals surface area contributed by atoms with Crippen molar-refractivity contribution in [3.05, 3.63) is 53.7 Å². The molecule has 1 atom stereocenters. The molecular weight excluding hydrogens is 376 g/mol. The first-order valence-corrected chi connectivity index (χ1v) is 10.9. The van der Waals surface area contributed by atoms with Crippen LogP contribution in [-0.4, -0.2) is 51.2 Å². The van der Waals surface area contributed by atoms with Crippen molar-refractivity contribution >= 4 is 5.95 Å². The van der Waals surface area contributed by atoms with Gasteiger partial charge in [-0.25, -0.2) is 9.97 Å². The fraction of sp³-hybridized carbons (Fsp3) is 0.478. The van der Waals surface area contributed by atoms with Crippen molar-refractivity contribution in [1.82, 2.24) is 25.0 Å². The summed E-state index contributed by atoms with van der Waals surface area (Å²) < 4.78 is 5.60. The van der Waals surface area contributed by atoms with Gasteiger partial charge in [0.2, 0.25) is 5.95 Å². The van der Waals surface area contributed by atoms with Gasteiger partial charge in [0.1, 0.15) is 0 Å². The Morgan fingerprint density at radius 3 is 2.80 bits per heavy atom. The van der Waals surface area contributed by atoms with Crippen LogP contribution in [0, 0.1) is 6.92 Å². The summed E-state index contributed by atoms with van der Waals surface area (Å²) in [5.74, 6) is 1.96. The molecule has 3 aromatic heterocycles. The highest BCUT2D eigenvalue weighted by atomic mass is 16.5. The number of pyridine rings is 1. The van der Waals surface area contributed by atoms with Crippen LogP contribution in [0.2, 0.25) is 0 Å². The van der Waals surface area contributed by atoms with Gasteiger partial charge in [0.25, 0.3) is 0 Å². The van der Waals surface area contributed by atoms with E-state index in [-0.39, 0.29) is 0 Å². The second-order valence-corrected chi connectivity index (χ2v) is 8.43. The predicted molar refractivity (Wildman–Crippen MR) is 115 cm³/mol. The van der Waals surface area contributed by atoms with Crippen LogP contribution in [0.15, 0.2) is 41.3 Å². The van der Waals surface area contributed by atoms with Crippen molar-refractivity contribution in [3.8, 4) is 11.3 Å². The Morgan fingerprint density at radius 2 is 2.03 bits per heavy atom. The van der Waals surface area contributed by atoms with Gasteiger partial charge in [0.05, 0.1) is 17.0 Å². The molecule has 156 valence electrons. The van der Waals surface area contributed by atoms with Gasteiger partial charge in [0.15, 0.2) is 5.76 Å². The van der Waals surface area contributed by atoms with Gasteiger partial charge in [-0.05, 0) is 50.8 Å². The predicted octanol–water partition coefficient (Wildman–Crippen LogP) is 3.81. The maximum absolute atomic E-state index is 5.60. The van der Waals surface area contributed by atoms with E-state index in [1.807, 2.05) is 37.6 Å². The lowest BCUT2D eigenvalue weighted by atomic mass is 9.91. The highest BCUT2D eigenvalue weighted by Crippen LogP contribution is 2.35. The van der Waals surface area contributed by atoms with E-state index < -0.39 is 0 Å². The first kappa shape index (κ1) is 19.2. The molecule has 0 aromatic carbocycles. The number of aromatic nitrogens is 4. The van der Waals surface area contributed by atoms with E-state index in [2.05, 4.69) is 26.0 Å². The Bertz CT molecular complexity index is 982. The minimum absolute atomic E-state index is 0.347. The zero-order valence-corrected chi connectivity index (χ0v) is 17.5. The molecule has 0 bridgehead atoms. The Kier molecular flexibility index (Phi) is 5.45. The summed E-state index contributed by atoms with van der Waals surface area (Å²) in [6, 6.07) is 6.14.